The zero-order valence-corrected chi connectivity index (χ0v) is 18.8. The number of nitrogens with two attached hydrogens (primary N) is 1. The largest absolute Gasteiger partial charge is 0.382 e. The van der Waals surface area contributed by atoms with Crippen molar-refractivity contribution in [2.45, 2.75) is 33.2 Å². The first-order valence-electron chi connectivity index (χ1n) is 11.0. The van der Waals surface area contributed by atoms with E-state index in [9.17, 15) is 0 Å². The van der Waals surface area contributed by atoms with Gasteiger partial charge in [-0.3, -0.25) is 0 Å². The molecule has 6 nitrogen and oxygen atoms in total. The Hall–Kier alpha value is -3.51. The Balaban J connectivity index is 1.57. The second-order valence-electron chi connectivity index (χ2n) is 8.42. The van der Waals surface area contributed by atoms with Crippen molar-refractivity contribution < 1.29 is 4.52 Å². The van der Waals surface area contributed by atoms with Gasteiger partial charge in [0.1, 0.15) is 5.69 Å². The number of rotatable bonds is 8. The van der Waals surface area contributed by atoms with E-state index in [1.165, 1.54) is 17.5 Å². The van der Waals surface area contributed by atoms with E-state index in [-0.39, 0.29) is 0 Å². The number of nitrogens with zero attached hydrogens (tertiary/aromatic N) is 3. The standard InChI is InChI=1S/C26H29N5O/c1-17(2)4-5-18-6-10-21(11-7-18)23-16-29-26(27)25(30-23)24-14-22(31-32-24)20-12-8-19(9-13-20)15-28-3/h6-14,16-17,28H,4-5,15H2,1-3H3,(H2,27,29). The molecule has 6 heteroatoms. The van der Waals surface area contributed by atoms with Crippen LogP contribution in [0.2, 0.25) is 0 Å². The molecular weight excluding hydrogens is 398 g/mol. The molecule has 4 aromatic rings. The molecule has 0 spiro atoms. The van der Waals surface area contributed by atoms with E-state index in [0.717, 1.165) is 35.5 Å². The van der Waals surface area contributed by atoms with Crippen LogP contribution in [0.5, 0.6) is 0 Å². The minimum Gasteiger partial charge on any atom is -0.382 e. The maximum atomic E-state index is 6.12. The Bertz CT molecular complexity index is 1160. The number of nitrogens with one attached hydrogen (secondary N) is 1. The molecule has 164 valence electrons. The van der Waals surface area contributed by atoms with Crippen molar-refractivity contribution >= 4 is 5.82 Å². The molecule has 0 aliphatic carbocycles. The van der Waals surface area contributed by atoms with Crippen LogP contribution in [0, 0.1) is 5.92 Å². The molecule has 0 radical (unpaired) electrons. The monoisotopic (exact) mass is 427 g/mol. The van der Waals surface area contributed by atoms with E-state index >= 15 is 0 Å². The normalized spacial score (nSPS) is 11.2. The zero-order valence-electron chi connectivity index (χ0n) is 18.8. The summed E-state index contributed by atoms with van der Waals surface area (Å²) in [6, 6.07) is 18.5. The van der Waals surface area contributed by atoms with Crippen molar-refractivity contribution in [3.63, 3.8) is 0 Å². The van der Waals surface area contributed by atoms with E-state index in [4.69, 9.17) is 15.2 Å². The summed E-state index contributed by atoms with van der Waals surface area (Å²) >= 11 is 0. The quantitative estimate of drug-likeness (QED) is 0.394. The molecule has 0 aliphatic heterocycles. The predicted octanol–water partition coefficient (Wildman–Crippen LogP) is 5.36. The Morgan fingerprint density at radius 1 is 0.938 bits per heavy atom. The SMILES string of the molecule is CNCc1ccc(-c2cc(-c3nc(-c4ccc(CCC(C)C)cc4)cnc3N)on2)cc1. The average molecular weight is 428 g/mol. The summed E-state index contributed by atoms with van der Waals surface area (Å²) in [5.41, 5.74) is 12.6. The van der Waals surface area contributed by atoms with Gasteiger partial charge in [-0.1, -0.05) is 67.5 Å². The molecule has 0 amide bonds. The summed E-state index contributed by atoms with van der Waals surface area (Å²) in [5, 5.41) is 7.36. The Kier molecular flexibility index (Phi) is 6.61. The maximum Gasteiger partial charge on any atom is 0.189 e. The van der Waals surface area contributed by atoms with Crippen molar-refractivity contribution in [2.75, 3.05) is 12.8 Å². The second-order valence-corrected chi connectivity index (χ2v) is 8.42. The molecule has 0 saturated carbocycles. The number of hydrogen-bond donors (Lipinski definition) is 2. The number of hydrogen-bond acceptors (Lipinski definition) is 6. The fourth-order valence-electron chi connectivity index (χ4n) is 3.54. The molecule has 0 unspecified atom stereocenters. The summed E-state index contributed by atoms with van der Waals surface area (Å²) < 4.78 is 5.58. The van der Waals surface area contributed by atoms with Crippen molar-refractivity contribution in [1.82, 2.24) is 20.4 Å². The van der Waals surface area contributed by atoms with Gasteiger partial charge in [-0.15, -0.1) is 0 Å². The highest BCUT2D eigenvalue weighted by molar-refractivity contribution is 5.73. The van der Waals surface area contributed by atoms with Gasteiger partial charge in [-0.25, -0.2) is 9.97 Å². The fraction of sp³-hybridized carbons (Fsp3) is 0.269. The summed E-state index contributed by atoms with van der Waals surface area (Å²) in [4.78, 5) is 9.08. The lowest BCUT2D eigenvalue weighted by Crippen LogP contribution is -2.04. The van der Waals surface area contributed by atoms with Crippen LogP contribution in [0.25, 0.3) is 34.0 Å². The molecule has 2 heterocycles. The number of aromatic nitrogens is 3. The third-order valence-electron chi connectivity index (χ3n) is 5.44. The van der Waals surface area contributed by atoms with Gasteiger partial charge in [0.15, 0.2) is 17.3 Å². The van der Waals surface area contributed by atoms with Crippen LogP contribution in [0.15, 0.2) is 65.3 Å². The van der Waals surface area contributed by atoms with Crippen molar-refractivity contribution in [3.05, 3.63) is 71.9 Å². The number of benzene rings is 2. The van der Waals surface area contributed by atoms with Crippen LogP contribution < -0.4 is 11.1 Å². The smallest absolute Gasteiger partial charge is 0.189 e. The van der Waals surface area contributed by atoms with Crippen LogP contribution >= 0.6 is 0 Å². The molecule has 32 heavy (non-hydrogen) atoms. The predicted molar refractivity (Wildman–Crippen MR) is 129 cm³/mol. The second kappa shape index (κ2) is 9.75. The lowest BCUT2D eigenvalue weighted by atomic mass is 10.0. The van der Waals surface area contributed by atoms with Gasteiger partial charge < -0.3 is 15.6 Å². The molecule has 0 fully saturated rings. The van der Waals surface area contributed by atoms with Gasteiger partial charge in [0.25, 0.3) is 0 Å². The molecule has 0 bridgehead atoms. The molecule has 4 rings (SSSR count). The summed E-state index contributed by atoms with van der Waals surface area (Å²) in [5.74, 6) is 1.51. The first-order chi connectivity index (χ1) is 15.5. The van der Waals surface area contributed by atoms with E-state index in [1.54, 1.807) is 6.20 Å². The van der Waals surface area contributed by atoms with Gasteiger partial charge in [0, 0.05) is 23.7 Å². The van der Waals surface area contributed by atoms with Crippen LogP contribution in [0.1, 0.15) is 31.4 Å². The van der Waals surface area contributed by atoms with Crippen LogP contribution in [0.3, 0.4) is 0 Å². The highest BCUT2D eigenvalue weighted by Gasteiger charge is 2.15. The summed E-state index contributed by atoms with van der Waals surface area (Å²) in [6.07, 6.45) is 3.95. The summed E-state index contributed by atoms with van der Waals surface area (Å²) in [7, 11) is 1.93. The maximum absolute atomic E-state index is 6.12. The number of anilines is 1. The third-order valence-corrected chi connectivity index (χ3v) is 5.44. The molecule has 2 aromatic carbocycles. The fourth-order valence-corrected chi connectivity index (χ4v) is 3.54. The van der Waals surface area contributed by atoms with E-state index < -0.39 is 0 Å². The highest BCUT2D eigenvalue weighted by atomic mass is 16.5. The number of nitrogen functional groups attached to an aromatic ring is 1. The minimum atomic E-state index is 0.314. The van der Waals surface area contributed by atoms with Gasteiger partial charge in [-0.2, -0.15) is 0 Å². The first-order valence-corrected chi connectivity index (χ1v) is 11.0. The molecule has 0 atom stereocenters. The van der Waals surface area contributed by atoms with Crippen LogP contribution in [-0.4, -0.2) is 22.2 Å². The Morgan fingerprint density at radius 2 is 1.59 bits per heavy atom. The highest BCUT2D eigenvalue weighted by Crippen LogP contribution is 2.30. The molecular formula is C26H29N5O. The van der Waals surface area contributed by atoms with Gasteiger partial charge in [0.05, 0.1) is 11.9 Å². The van der Waals surface area contributed by atoms with Crippen molar-refractivity contribution in [1.29, 1.82) is 0 Å². The average Bonchev–Trinajstić information content (AvgIpc) is 3.29. The van der Waals surface area contributed by atoms with Crippen LogP contribution in [-0.2, 0) is 13.0 Å². The lowest BCUT2D eigenvalue weighted by molar-refractivity contribution is 0.434. The molecule has 0 saturated heterocycles. The Morgan fingerprint density at radius 3 is 2.25 bits per heavy atom. The van der Waals surface area contributed by atoms with Crippen molar-refractivity contribution in [3.8, 4) is 34.0 Å². The van der Waals surface area contributed by atoms with E-state index in [2.05, 4.69) is 65.7 Å². The summed E-state index contributed by atoms with van der Waals surface area (Å²) in [6.45, 7) is 5.31. The minimum absolute atomic E-state index is 0.314. The molecule has 3 N–H and O–H groups in total. The van der Waals surface area contributed by atoms with Gasteiger partial charge in [0.2, 0.25) is 0 Å². The van der Waals surface area contributed by atoms with Crippen LogP contribution in [0.4, 0.5) is 5.82 Å². The third kappa shape index (κ3) is 5.03. The van der Waals surface area contributed by atoms with E-state index in [0.29, 0.717) is 23.2 Å². The number of aryl methyl sites for hydroxylation is 1. The van der Waals surface area contributed by atoms with Crippen molar-refractivity contribution in [2.24, 2.45) is 5.92 Å². The molecule has 0 aliphatic rings. The topological polar surface area (TPSA) is 89.9 Å². The molecule has 2 aromatic heterocycles. The van der Waals surface area contributed by atoms with Gasteiger partial charge in [-0.05, 0) is 36.9 Å². The lowest BCUT2D eigenvalue weighted by Gasteiger charge is -2.07. The Labute approximate surface area is 188 Å². The van der Waals surface area contributed by atoms with Gasteiger partial charge >= 0.3 is 0 Å². The first kappa shape index (κ1) is 21.7. The van der Waals surface area contributed by atoms with E-state index in [1.807, 2.05) is 25.2 Å². The zero-order chi connectivity index (χ0) is 22.5.